The molecule has 0 aliphatic rings. The van der Waals surface area contributed by atoms with Gasteiger partial charge in [-0.05, 0) is 25.1 Å². The van der Waals surface area contributed by atoms with Crippen molar-refractivity contribution in [2.45, 2.75) is 13.3 Å². The zero-order chi connectivity index (χ0) is 7.98. The third kappa shape index (κ3) is 4.59. The lowest BCUT2D eigenvalue weighted by Gasteiger charge is -1.97. The van der Waals surface area contributed by atoms with Crippen LogP contribution >= 0.6 is 11.6 Å². The lowest BCUT2D eigenvalue weighted by atomic mass is 10.2. The summed E-state index contributed by atoms with van der Waals surface area (Å²) in [6, 6.07) is 0. The van der Waals surface area contributed by atoms with Crippen molar-refractivity contribution in [3.05, 3.63) is 23.3 Å². The molecule has 0 unspecified atom stereocenters. The van der Waals surface area contributed by atoms with Crippen LogP contribution in [0.2, 0.25) is 0 Å². The van der Waals surface area contributed by atoms with Crippen LogP contribution in [0.3, 0.4) is 0 Å². The van der Waals surface area contributed by atoms with Gasteiger partial charge in [0.15, 0.2) is 0 Å². The molecule has 2 heteroatoms. The van der Waals surface area contributed by atoms with Gasteiger partial charge < -0.3 is 5.32 Å². The Morgan fingerprint density at radius 2 is 2.30 bits per heavy atom. The molecule has 0 amide bonds. The smallest absolute Gasteiger partial charge is 0.0197 e. The standard InChI is InChI=1S/C8H14ClN/c1-4-8(9)5-7(2)6-10-3/h5,10H,2,4,6H2,1,3H3/b8-5+. The maximum Gasteiger partial charge on any atom is 0.0197 e. The average molecular weight is 160 g/mol. The van der Waals surface area contributed by atoms with Crippen LogP contribution in [-0.2, 0) is 0 Å². The maximum absolute atomic E-state index is 5.77. The molecule has 0 aromatic heterocycles. The Morgan fingerprint density at radius 3 is 2.70 bits per heavy atom. The Balaban J connectivity index is 3.75. The van der Waals surface area contributed by atoms with E-state index in [-0.39, 0.29) is 0 Å². The van der Waals surface area contributed by atoms with Crippen molar-refractivity contribution in [2.75, 3.05) is 13.6 Å². The molecule has 1 nitrogen and oxygen atoms in total. The molecular formula is C8H14ClN. The molecule has 10 heavy (non-hydrogen) atoms. The van der Waals surface area contributed by atoms with Gasteiger partial charge in [0.05, 0.1) is 0 Å². The van der Waals surface area contributed by atoms with E-state index in [4.69, 9.17) is 11.6 Å². The summed E-state index contributed by atoms with van der Waals surface area (Å²) in [7, 11) is 1.89. The predicted octanol–water partition coefficient (Wildman–Crippen LogP) is 2.29. The highest BCUT2D eigenvalue weighted by molar-refractivity contribution is 6.29. The molecule has 0 atom stereocenters. The van der Waals surface area contributed by atoms with E-state index >= 15 is 0 Å². The normalized spacial score (nSPS) is 11.7. The summed E-state index contributed by atoms with van der Waals surface area (Å²) in [6.45, 7) is 6.63. The third-order valence-corrected chi connectivity index (χ3v) is 1.48. The first-order chi connectivity index (χ1) is 4.70. The molecule has 0 fully saturated rings. The van der Waals surface area contributed by atoms with Crippen molar-refractivity contribution in [1.29, 1.82) is 0 Å². The topological polar surface area (TPSA) is 12.0 Å². The van der Waals surface area contributed by atoms with Gasteiger partial charge in [0, 0.05) is 11.6 Å². The van der Waals surface area contributed by atoms with Crippen LogP contribution in [0.5, 0.6) is 0 Å². The molecule has 0 aromatic carbocycles. The van der Waals surface area contributed by atoms with Gasteiger partial charge in [-0.2, -0.15) is 0 Å². The minimum atomic E-state index is 0.802. The minimum Gasteiger partial charge on any atom is -0.316 e. The molecule has 0 rings (SSSR count). The monoisotopic (exact) mass is 159 g/mol. The first-order valence-electron chi connectivity index (χ1n) is 3.39. The van der Waals surface area contributed by atoms with Crippen molar-refractivity contribution in [2.24, 2.45) is 0 Å². The maximum atomic E-state index is 5.77. The fourth-order valence-electron chi connectivity index (χ4n) is 0.602. The highest BCUT2D eigenvalue weighted by atomic mass is 35.5. The Bertz CT molecular complexity index is 138. The van der Waals surface area contributed by atoms with Crippen molar-refractivity contribution in [1.82, 2.24) is 5.32 Å². The quantitative estimate of drug-likeness (QED) is 0.621. The molecule has 0 heterocycles. The zero-order valence-corrected chi connectivity index (χ0v) is 7.33. The summed E-state index contributed by atoms with van der Waals surface area (Å²) >= 11 is 5.77. The van der Waals surface area contributed by atoms with Crippen LogP contribution in [0, 0.1) is 0 Å². The highest BCUT2D eigenvalue weighted by Gasteiger charge is 1.89. The number of hydrogen-bond acceptors (Lipinski definition) is 1. The summed E-state index contributed by atoms with van der Waals surface area (Å²) in [4.78, 5) is 0. The lowest BCUT2D eigenvalue weighted by Crippen LogP contribution is -2.08. The summed E-state index contributed by atoms with van der Waals surface area (Å²) in [5.74, 6) is 0. The van der Waals surface area contributed by atoms with Gasteiger partial charge in [-0.3, -0.25) is 0 Å². The molecule has 0 aromatic rings. The fraction of sp³-hybridized carbons (Fsp3) is 0.500. The Labute approximate surface area is 67.8 Å². The number of rotatable bonds is 4. The molecule has 1 N–H and O–H groups in total. The molecule has 0 aliphatic heterocycles. The summed E-state index contributed by atoms with van der Waals surface area (Å²) in [6.07, 6.45) is 2.78. The largest absolute Gasteiger partial charge is 0.316 e. The first-order valence-corrected chi connectivity index (χ1v) is 3.77. The molecule has 0 saturated heterocycles. The van der Waals surface area contributed by atoms with Crippen molar-refractivity contribution in [3.63, 3.8) is 0 Å². The average Bonchev–Trinajstić information content (AvgIpc) is 1.88. The number of likely N-dealkylation sites (N-methyl/N-ethyl adjacent to an activating group) is 1. The highest BCUT2D eigenvalue weighted by Crippen LogP contribution is 2.08. The van der Waals surface area contributed by atoms with Gasteiger partial charge in [-0.15, -0.1) is 0 Å². The molecule has 58 valence electrons. The van der Waals surface area contributed by atoms with E-state index in [1.807, 2.05) is 20.0 Å². The second kappa shape index (κ2) is 5.51. The number of hydrogen-bond donors (Lipinski definition) is 1. The third-order valence-electron chi connectivity index (χ3n) is 1.10. The van der Waals surface area contributed by atoms with Crippen LogP contribution in [0.1, 0.15) is 13.3 Å². The van der Waals surface area contributed by atoms with Crippen LogP contribution in [0.15, 0.2) is 23.3 Å². The zero-order valence-electron chi connectivity index (χ0n) is 6.58. The van der Waals surface area contributed by atoms with E-state index in [0.717, 1.165) is 23.6 Å². The lowest BCUT2D eigenvalue weighted by molar-refractivity contribution is 0.896. The fourth-order valence-corrected chi connectivity index (χ4v) is 0.756. The van der Waals surface area contributed by atoms with E-state index in [0.29, 0.717) is 0 Å². The Kier molecular flexibility index (Phi) is 5.36. The molecular weight excluding hydrogens is 146 g/mol. The van der Waals surface area contributed by atoms with Crippen LogP contribution in [-0.4, -0.2) is 13.6 Å². The molecule has 0 aliphatic carbocycles. The van der Waals surface area contributed by atoms with Gasteiger partial charge in [-0.1, -0.05) is 25.1 Å². The van der Waals surface area contributed by atoms with E-state index < -0.39 is 0 Å². The van der Waals surface area contributed by atoms with E-state index in [9.17, 15) is 0 Å². The summed E-state index contributed by atoms with van der Waals surface area (Å²) in [5, 5.41) is 3.86. The van der Waals surface area contributed by atoms with E-state index in [1.54, 1.807) is 0 Å². The van der Waals surface area contributed by atoms with Crippen molar-refractivity contribution < 1.29 is 0 Å². The number of nitrogens with one attached hydrogen (secondary N) is 1. The van der Waals surface area contributed by atoms with Gasteiger partial charge >= 0.3 is 0 Å². The van der Waals surface area contributed by atoms with Gasteiger partial charge in [-0.25, -0.2) is 0 Å². The van der Waals surface area contributed by atoms with Gasteiger partial charge in [0.2, 0.25) is 0 Å². The Hall–Kier alpha value is -0.270. The Morgan fingerprint density at radius 1 is 1.70 bits per heavy atom. The SMILES string of the molecule is C=C(/C=C(/Cl)CC)CNC. The second-order valence-corrected chi connectivity index (χ2v) is 2.62. The predicted molar refractivity (Wildman–Crippen MR) is 47.3 cm³/mol. The van der Waals surface area contributed by atoms with Crippen molar-refractivity contribution >= 4 is 11.6 Å². The van der Waals surface area contributed by atoms with Crippen LogP contribution < -0.4 is 5.32 Å². The molecule has 0 spiro atoms. The minimum absolute atomic E-state index is 0.802. The van der Waals surface area contributed by atoms with Gasteiger partial charge in [0.1, 0.15) is 0 Å². The second-order valence-electron chi connectivity index (χ2n) is 2.13. The molecule has 0 saturated carbocycles. The summed E-state index contributed by atoms with van der Waals surface area (Å²) < 4.78 is 0. The first kappa shape index (κ1) is 9.73. The van der Waals surface area contributed by atoms with Gasteiger partial charge in [0.25, 0.3) is 0 Å². The molecule has 0 bridgehead atoms. The number of halogens is 1. The van der Waals surface area contributed by atoms with Crippen LogP contribution in [0.25, 0.3) is 0 Å². The van der Waals surface area contributed by atoms with Crippen LogP contribution in [0.4, 0.5) is 0 Å². The van der Waals surface area contributed by atoms with E-state index in [1.165, 1.54) is 0 Å². The van der Waals surface area contributed by atoms with Crippen molar-refractivity contribution in [3.8, 4) is 0 Å². The number of allylic oxidation sites excluding steroid dienone is 1. The van der Waals surface area contributed by atoms with E-state index in [2.05, 4.69) is 11.9 Å². The summed E-state index contributed by atoms with van der Waals surface area (Å²) in [5.41, 5.74) is 1.02. The molecule has 0 radical (unpaired) electrons.